The zero-order valence-electron chi connectivity index (χ0n) is 72.5. The van der Waals surface area contributed by atoms with Crippen LogP contribution in [0.3, 0.4) is 0 Å². The number of nitrogens with zero attached hydrogens (tertiary/aromatic N) is 13. The molecule has 0 unspecified atom stereocenters. The van der Waals surface area contributed by atoms with Crippen molar-refractivity contribution in [3.63, 3.8) is 0 Å². The Labute approximate surface area is 777 Å². The first-order valence-electron chi connectivity index (χ1n) is 44.9. The molecule has 0 fully saturated rings. The molecule has 1 aliphatic carbocycles. The van der Waals surface area contributed by atoms with E-state index in [9.17, 15) is 0 Å². The van der Waals surface area contributed by atoms with Crippen molar-refractivity contribution in [3.8, 4) is 142 Å². The lowest BCUT2D eigenvalue weighted by Gasteiger charge is -2.21. The highest BCUT2D eigenvalue weighted by Gasteiger charge is 2.37. The molecule has 0 spiro atoms. The molecule has 15 heteroatoms. The molecule has 0 saturated carbocycles. The van der Waals surface area contributed by atoms with Gasteiger partial charge in [0.2, 0.25) is 0 Å². The van der Waals surface area contributed by atoms with Crippen molar-refractivity contribution >= 4 is 129 Å². The summed E-state index contributed by atoms with van der Waals surface area (Å²) in [6.07, 6.45) is 0. The van der Waals surface area contributed by atoms with Crippen LogP contribution >= 0.6 is 22.7 Å². The van der Waals surface area contributed by atoms with Gasteiger partial charge in [0.05, 0.1) is 76.3 Å². The van der Waals surface area contributed by atoms with Crippen molar-refractivity contribution < 1.29 is 0 Å². The third-order valence-corrected chi connectivity index (χ3v) is 28.6. The van der Waals surface area contributed by atoms with Gasteiger partial charge < -0.3 is 13.7 Å². The van der Waals surface area contributed by atoms with Crippen molar-refractivity contribution in [2.45, 2.75) is 19.3 Å². The molecule has 0 amide bonds. The van der Waals surface area contributed by atoms with Gasteiger partial charge in [-0.25, -0.2) is 49.8 Å². The Balaban J connectivity index is 0.000000140. The molecule has 0 N–H and O–H groups in total. The number of para-hydroxylation sites is 4. The fraction of sp³-hybridized carbons (Fsp3) is 0.0252. The van der Waals surface area contributed by atoms with E-state index in [-0.39, 0.29) is 5.41 Å². The SMILES string of the molecule is CC1(C)c2ccccc2-c2cc3c(cc21)c1ccccc1n3-c1ccc(-c2nc(-c3ccccc3)c3sc4ccccc4c3n2)cc1-c1nc(-c2ccccc2)nc(-c2ccccc2)n1.c1ccc(-c2nc(-c3ccccc3)nc(-c3cc(-c4nc(-c5ccccc5)c5sc6ccccc6c5n4)ccc3-n3c4ccccc4c4cc5c(cc43)c3ccccc3n5-c3ccccc3)n2)cc1. The second-order valence-electron chi connectivity index (χ2n) is 34.5. The number of aromatic nitrogens is 13. The Morgan fingerprint density at radius 2 is 0.522 bits per heavy atom. The highest BCUT2D eigenvalue weighted by Crippen LogP contribution is 2.53. The summed E-state index contributed by atoms with van der Waals surface area (Å²) in [5.41, 5.74) is 27.5. The van der Waals surface area contributed by atoms with E-state index in [1.54, 1.807) is 22.7 Å². The van der Waals surface area contributed by atoms with Crippen molar-refractivity contribution in [2.24, 2.45) is 0 Å². The van der Waals surface area contributed by atoms with Crippen LogP contribution in [0, 0.1) is 0 Å². The molecule has 1 aliphatic rings. The second-order valence-corrected chi connectivity index (χ2v) is 36.6. The Morgan fingerprint density at radius 1 is 0.201 bits per heavy atom. The third-order valence-electron chi connectivity index (χ3n) is 26.3. The Kier molecular flexibility index (Phi) is 18.3. The fourth-order valence-electron chi connectivity index (χ4n) is 19.9. The maximum atomic E-state index is 5.42. The van der Waals surface area contributed by atoms with E-state index >= 15 is 0 Å². The summed E-state index contributed by atoms with van der Waals surface area (Å²) in [5, 5.41) is 9.25. The average Bonchev–Trinajstić information content (AvgIpc) is 1.55. The first-order valence-corrected chi connectivity index (χ1v) is 46.6. The molecule has 17 aromatic carbocycles. The summed E-state index contributed by atoms with van der Waals surface area (Å²) in [6.45, 7) is 4.69. The predicted molar refractivity (Wildman–Crippen MR) is 552 cm³/mol. The van der Waals surface area contributed by atoms with Gasteiger partial charge in [0.25, 0.3) is 0 Å². The normalized spacial score (nSPS) is 12.3. The zero-order valence-corrected chi connectivity index (χ0v) is 74.1. The minimum absolute atomic E-state index is 0.143. The third kappa shape index (κ3) is 12.9. The quantitative estimate of drug-likeness (QED) is 0.109. The number of thiophene rings is 2. The van der Waals surface area contributed by atoms with Gasteiger partial charge in [-0.3, -0.25) is 0 Å². The maximum Gasteiger partial charge on any atom is 0.166 e. The average molecular weight is 1750 g/mol. The second kappa shape index (κ2) is 31.6. The summed E-state index contributed by atoms with van der Waals surface area (Å²) in [4.78, 5) is 53.2. The van der Waals surface area contributed by atoms with Crippen LogP contribution in [0.25, 0.3) is 248 Å². The number of fused-ring (bicyclic) bond motifs is 18. The van der Waals surface area contributed by atoms with Gasteiger partial charge in [0.15, 0.2) is 46.6 Å². The van der Waals surface area contributed by atoms with E-state index < -0.39 is 0 Å². The van der Waals surface area contributed by atoms with Crippen LogP contribution in [-0.2, 0) is 5.41 Å². The van der Waals surface area contributed by atoms with Crippen molar-refractivity contribution in [2.75, 3.05) is 0 Å². The Morgan fingerprint density at radius 3 is 0.948 bits per heavy atom. The van der Waals surface area contributed by atoms with Gasteiger partial charge in [-0.05, 0) is 125 Å². The van der Waals surface area contributed by atoms with Crippen LogP contribution in [0.1, 0.15) is 25.0 Å². The summed E-state index contributed by atoms with van der Waals surface area (Å²) < 4.78 is 11.7. The van der Waals surface area contributed by atoms with E-state index in [0.29, 0.717) is 46.6 Å². The van der Waals surface area contributed by atoms with E-state index in [1.807, 2.05) is 84.9 Å². The number of rotatable bonds is 13. The van der Waals surface area contributed by atoms with Crippen LogP contribution in [0.2, 0.25) is 0 Å². The molecule has 0 saturated heterocycles. The lowest BCUT2D eigenvalue weighted by Crippen LogP contribution is -2.14. The minimum atomic E-state index is -0.143. The van der Waals surface area contributed by atoms with Crippen molar-refractivity contribution in [1.82, 2.24) is 63.5 Å². The van der Waals surface area contributed by atoms with E-state index in [1.165, 1.54) is 53.2 Å². The molecule has 9 heterocycles. The molecule has 9 aromatic heterocycles. The molecular formula is C119H75N13S2. The van der Waals surface area contributed by atoms with E-state index in [4.69, 9.17) is 49.8 Å². The van der Waals surface area contributed by atoms with E-state index in [2.05, 4.69) is 361 Å². The highest BCUT2D eigenvalue weighted by atomic mass is 32.1. The van der Waals surface area contributed by atoms with Gasteiger partial charge in [0, 0.05) is 119 Å². The van der Waals surface area contributed by atoms with Crippen LogP contribution < -0.4 is 0 Å². The summed E-state index contributed by atoms with van der Waals surface area (Å²) >= 11 is 3.47. The molecular weight excluding hydrogens is 1680 g/mol. The first kappa shape index (κ1) is 77.9. The van der Waals surface area contributed by atoms with Gasteiger partial charge in [0.1, 0.15) is 0 Å². The van der Waals surface area contributed by atoms with Gasteiger partial charge in [-0.15, -0.1) is 22.7 Å². The summed E-state index contributed by atoms with van der Waals surface area (Å²) in [7, 11) is 0. The zero-order chi connectivity index (χ0) is 88.6. The summed E-state index contributed by atoms with van der Waals surface area (Å²) in [6, 6.07) is 147. The standard InChI is InChI=1S/C61H37N7S.C58H38N6S/c1-5-19-38(20-6-1)55-57-56(45-29-15-18-32-54(45)69-57)63-60(62-55)41-33-34-51(48(35-41)61-65-58(39-21-7-2-8-22-39)64-59(66-61)40-23-9-3-10-24-40)68-50-31-17-14-28-44(50)47-36-52-46(37-53(47)68)43-27-13-16-30-49(43)67(52)42-25-11-4-12-26-42;1-58(2)45-27-15-12-24-39(45)42-34-49-43(33-46(42)58)40-25-13-16-28-47(40)64(49)48-31-30-38(56-59-51(35-18-6-3-7-19-35)53-52(60-56)41-26-14-17-29-50(41)65-53)32-44(48)57-62-54(36-20-8-4-9-21-36)61-55(63-57)37-22-10-5-11-23-37/h1-37H;3-34H,1-2H3. The monoisotopic (exact) mass is 1750 g/mol. The van der Waals surface area contributed by atoms with Gasteiger partial charge in [-0.2, -0.15) is 0 Å². The Hall–Kier alpha value is -17.2. The van der Waals surface area contributed by atoms with Crippen LogP contribution in [-0.4, -0.2) is 63.5 Å². The van der Waals surface area contributed by atoms with Crippen molar-refractivity contribution in [1.29, 1.82) is 0 Å². The topological polar surface area (TPSA) is 144 Å². The molecule has 628 valence electrons. The van der Waals surface area contributed by atoms with Crippen LogP contribution in [0.5, 0.6) is 0 Å². The molecule has 26 aromatic rings. The maximum absolute atomic E-state index is 5.42. The number of hydrogen-bond donors (Lipinski definition) is 0. The molecule has 27 rings (SSSR count). The lowest BCUT2D eigenvalue weighted by atomic mass is 9.82. The van der Waals surface area contributed by atoms with Gasteiger partial charge in [-0.1, -0.05) is 329 Å². The molecule has 13 nitrogen and oxygen atoms in total. The van der Waals surface area contributed by atoms with E-state index in [0.717, 1.165) is 159 Å². The van der Waals surface area contributed by atoms with Crippen LogP contribution in [0.4, 0.5) is 0 Å². The van der Waals surface area contributed by atoms with Crippen molar-refractivity contribution in [3.05, 3.63) is 430 Å². The van der Waals surface area contributed by atoms with Gasteiger partial charge >= 0.3 is 0 Å². The lowest BCUT2D eigenvalue weighted by molar-refractivity contribution is 0.661. The highest BCUT2D eigenvalue weighted by molar-refractivity contribution is 7.26. The fourth-order valence-corrected chi connectivity index (χ4v) is 22.3. The number of benzene rings is 17. The largest absolute Gasteiger partial charge is 0.309 e. The van der Waals surface area contributed by atoms with Crippen LogP contribution in [0.15, 0.2) is 419 Å². The Bertz CT molecular complexity index is 9100. The summed E-state index contributed by atoms with van der Waals surface area (Å²) in [5.74, 6) is 4.71. The molecule has 0 bridgehead atoms. The smallest absolute Gasteiger partial charge is 0.166 e. The number of hydrogen-bond acceptors (Lipinski definition) is 12. The molecule has 0 radical (unpaired) electrons. The predicted octanol–water partition coefficient (Wildman–Crippen LogP) is 30.3. The molecule has 134 heavy (non-hydrogen) atoms. The molecule has 0 aliphatic heterocycles. The molecule has 0 atom stereocenters. The minimum Gasteiger partial charge on any atom is -0.309 e. The first-order chi connectivity index (χ1) is 66.2.